The van der Waals surface area contributed by atoms with E-state index in [0.29, 0.717) is 36.6 Å². The molecule has 1 amide bonds. The molecule has 1 aliphatic heterocycles. The number of amides is 1. The highest BCUT2D eigenvalue weighted by molar-refractivity contribution is 6.07. The van der Waals surface area contributed by atoms with E-state index in [-0.39, 0.29) is 11.9 Å². The average molecular weight is 419 g/mol. The number of hydrogen-bond acceptors (Lipinski definition) is 4. The van der Waals surface area contributed by atoms with Crippen LogP contribution in [0, 0.1) is 11.3 Å². The number of carbonyl (C=O) groups excluding carboxylic acids is 1. The maximum Gasteiger partial charge on any atom is 0.255 e. The van der Waals surface area contributed by atoms with Gasteiger partial charge < -0.3 is 9.64 Å². The number of nitrogens with zero attached hydrogens (tertiary/aromatic N) is 3. The molecule has 0 fully saturated rings. The lowest BCUT2D eigenvalue weighted by atomic mass is 9.93. The molecule has 0 unspecified atom stereocenters. The molecule has 0 N–H and O–H groups in total. The summed E-state index contributed by atoms with van der Waals surface area (Å²) in [5.74, 6) is 0.443. The summed E-state index contributed by atoms with van der Waals surface area (Å²) in [6.07, 6.45) is 2.20. The van der Waals surface area contributed by atoms with Gasteiger partial charge in [-0.15, -0.1) is 0 Å². The topological polar surface area (TPSA) is 66.2 Å². The Bertz CT molecular complexity index is 1320. The van der Waals surface area contributed by atoms with Crippen LogP contribution in [0.15, 0.2) is 85.1 Å². The van der Waals surface area contributed by atoms with Gasteiger partial charge in [0.05, 0.1) is 11.6 Å². The van der Waals surface area contributed by atoms with Crippen LogP contribution in [0.4, 0.5) is 0 Å². The predicted molar refractivity (Wildman–Crippen MR) is 122 cm³/mol. The molecule has 4 aromatic rings. The van der Waals surface area contributed by atoms with Crippen LogP contribution in [-0.4, -0.2) is 28.4 Å². The van der Waals surface area contributed by atoms with Gasteiger partial charge in [0.15, 0.2) is 0 Å². The van der Waals surface area contributed by atoms with Crippen molar-refractivity contribution >= 4 is 16.7 Å². The van der Waals surface area contributed by atoms with Gasteiger partial charge in [0.25, 0.3) is 5.91 Å². The van der Waals surface area contributed by atoms with Crippen molar-refractivity contribution in [1.29, 1.82) is 5.26 Å². The highest BCUT2D eigenvalue weighted by atomic mass is 16.5. The Hall–Kier alpha value is -4.17. The third kappa shape index (κ3) is 3.79. The summed E-state index contributed by atoms with van der Waals surface area (Å²) in [6.45, 7) is 0.858. The summed E-state index contributed by atoms with van der Waals surface area (Å²) < 4.78 is 5.95. The molecule has 5 nitrogen and oxygen atoms in total. The van der Waals surface area contributed by atoms with Gasteiger partial charge in [-0.3, -0.25) is 4.79 Å². The lowest BCUT2D eigenvalue weighted by molar-refractivity contribution is 0.0564. The van der Waals surface area contributed by atoms with Gasteiger partial charge in [0.1, 0.15) is 12.7 Å². The number of aromatic nitrogens is 1. The molecule has 5 heteroatoms. The lowest BCUT2D eigenvalue weighted by Crippen LogP contribution is -2.47. The fourth-order valence-corrected chi connectivity index (χ4v) is 4.25. The van der Waals surface area contributed by atoms with Crippen molar-refractivity contribution in [3.05, 3.63) is 107 Å². The minimum Gasteiger partial charge on any atom is -0.475 e. The first-order valence-electron chi connectivity index (χ1n) is 10.6. The molecule has 32 heavy (non-hydrogen) atoms. The molecular formula is C27H21N3O2. The van der Waals surface area contributed by atoms with Gasteiger partial charge >= 0.3 is 0 Å². The molecule has 0 bridgehead atoms. The maximum absolute atomic E-state index is 13.7. The number of benzene rings is 3. The minimum atomic E-state index is -0.131. The smallest absolute Gasteiger partial charge is 0.255 e. The Labute approximate surface area is 186 Å². The highest BCUT2D eigenvalue weighted by Gasteiger charge is 2.31. The number of fused-ring (bicyclic) bond motifs is 2. The zero-order valence-electron chi connectivity index (χ0n) is 17.4. The monoisotopic (exact) mass is 419 g/mol. The van der Waals surface area contributed by atoms with Crippen molar-refractivity contribution in [1.82, 2.24) is 9.88 Å². The first-order chi connectivity index (χ1) is 15.7. The maximum atomic E-state index is 13.7. The van der Waals surface area contributed by atoms with Gasteiger partial charge in [-0.2, -0.15) is 5.26 Å². The van der Waals surface area contributed by atoms with Crippen molar-refractivity contribution in [2.75, 3.05) is 6.61 Å². The molecule has 156 valence electrons. The Morgan fingerprint density at radius 1 is 1.00 bits per heavy atom. The fraction of sp³-hybridized carbons (Fsp3) is 0.148. The van der Waals surface area contributed by atoms with E-state index >= 15 is 0 Å². The van der Waals surface area contributed by atoms with Gasteiger partial charge in [-0.1, -0.05) is 60.7 Å². The molecular weight excluding hydrogens is 398 g/mol. The van der Waals surface area contributed by atoms with Crippen molar-refractivity contribution in [3.63, 3.8) is 0 Å². The molecule has 1 aromatic heterocycles. The van der Waals surface area contributed by atoms with Crippen LogP contribution in [0.2, 0.25) is 0 Å². The zero-order valence-corrected chi connectivity index (χ0v) is 17.4. The Kier molecular flexibility index (Phi) is 5.27. The minimum absolute atomic E-state index is 0.00214. The van der Waals surface area contributed by atoms with Crippen LogP contribution >= 0.6 is 0 Å². The summed E-state index contributed by atoms with van der Waals surface area (Å²) in [5.41, 5.74) is 3.57. The standard InChI is InChI=1S/C27H21N3O2/c28-15-19-12-13-26(29-16-19)32-18-23-14-21-7-1-2-8-22(21)17-30(23)27(31)25-11-5-9-20-6-3-4-10-24(20)25/h1-13,16,23H,14,17-18H2/t23-/m0/s1. The summed E-state index contributed by atoms with van der Waals surface area (Å²) in [4.78, 5) is 19.9. The number of carbonyl (C=O) groups is 1. The molecule has 5 rings (SSSR count). The molecule has 0 saturated heterocycles. The zero-order chi connectivity index (χ0) is 21.9. The second kappa shape index (κ2) is 8.52. The summed E-state index contributed by atoms with van der Waals surface area (Å²) in [7, 11) is 0. The van der Waals surface area contributed by atoms with E-state index in [1.807, 2.05) is 59.5 Å². The first-order valence-corrected chi connectivity index (χ1v) is 10.6. The molecule has 0 radical (unpaired) electrons. The Morgan fingerprint density at radius 3 is 2.59 bits per heavy atom. The second-order valence-corrected chi connectivity index (χ2v) is 7.89. The summed E-state index contributed by atoms with van der Waals surface area (Å²) >= 11 is 0. The van der Waals surface area contributed by atoms with E-state index in [1.165, 1.54) is 11.8 Å². The summed E-state index contributed by atoms with van der Waals surface area (Å²) in [6, 6.07) is 27.3. The molecule has 0 spiro atoms. The average Bonchev–Trinajstić information content (AvgIpc) is 2.86. The molecule has 1 aliphatic rings. The van der Waals surface area contributed by atoms with Crippen molar-refractivity contribution < 1.29 is 9.53 Å². The van der Waals surface area contributed by atoms with Crippen LogP contribution in [0.5, 0.6) is 5.88 Å². The van der Waals surface area contributed by atoms with Gasteiger partial charge in [-0.25, -0.2) is 4.98 Å². The number of rotatable bonds is 4. The highest BCUT2D eigenvalue weighted by Crippen LogP contribution is 2.28. The van der Waals surface area contributed by atoms with E-state index in [9.17, 15) is 4.79 Å². The van der Waals surface area contributed by atoms with E-state index < -0.39 is 0 Å². The van der Waals surface area contributed by atoms with Crippen LogP contribution < -0.4 is 4.74 Å². The molecule has 0 aliphatic carbocycles. The van der Waals surface area contributed by atoms with Crippen LogP contribution in [-0.2, 0) is 13.0 Å². The first kappa shape index (κ1) is 19.8. The number of pyridine rings is 1. The lowest BCUT2D eigenvalue weighted by Gasteiger charge is -2.37. The Morgan fingerprint density at radius 2 is 1.78 bits per heavy atom. The fourth-order valence-electron chi connectivity index (χ4n) is 4.25. The molecule has 0 saturated carbocycles. The van der Waals surface area contributed by atoms with Crippen LogP contribution in [0.1, 0.15) is 27.0 Å². The molecule has 1 atom stereocenters. The normalized spacial score (nSPS) is 15.1. The quantitative estimate of drug-likeness (QED) is 0.479. The van der Waals surface area contributed by atoms with Crippen LogP contribution in [0.25, 0.3) is 10.8 Å². The SMILES string of the molecule is N#Cc1ccc(OC[C@@H]2Cc3ccccc3CN2C(=O)c2cccc3ccccc23)nc1. The van der Waals surface area contributed by atoms with Gasteiger partial charge in [-0.05, 0) is 40.5 Å². The third-order valence-corrected chi connectivity index (χ3v) is 5.93. The van der Waals surface area contributed by atoms with E-state index in [0.717, 1.165) is 16.3 Å². The largest absolute Gasteiger partial charge is 0.475 e. The van der Waals surface area contributed by atoms with Gasteiger partial charge in [0.2, 0.25) is 5.88 Å². The molecule has 2 heterocycles. The number of ether oxygens (including phenoxy) is 1. The van der Waals surface area contributed by atoms with Crippen molar-refractivity contribution in [2.24, 2.45) is 0 Å². The predicted octanol–water partition coefficient (Wildman–Crippen LogP) is 4.75. The third-order valence-electron chi connectivity index (χ3n) is 5.93. The number of hydrogen-bond donors (Lipinski definition) is 0. The van der Waals surface area contributed by atoms with Gasteiger partial charge in [0, 0.05) is 24.4 Å². The summed E-state index contributed by atoms with van der Waals surface area (Å²) in [5, 5.41) is 11.0. The van der Waals surface area contributed by atoms with Crippen molar-refractivity contribution in [3.8, 4) is 11.9 Å². The van der Waals surface area contributed by atoms with Crippen molar-refractivity contribution in [2.45, 2.75) is 19.0 Å². The Balaban J connectivity index is 1.45. The second-order valence-electron chi connectivity index (χ2n) is 7.89. The number of nitriles is 1. The molecule has 3 aromatic carbocycles. The van der Waals surface area contributed by atoms with E-state index in [4.69, 9.17) is 10.00 Å². The van der Waals surface area contributed by atoms with E-state index in [1.54, 1.807) is 12.1 Å². The van der Waals surface area contributed by atoms with E-state index in [2.05, 4.69) is 23.2 Å². The van der Waals surface area contributed by atoms with Crippen LogP contribution in [0.3, 0.4) is 0 Å².